The summed E-state index contributed by atoms with van der Waals surface area (Å²) in [6.45, 7) is 2.19. The van der Waals surface area contributed by atoms with E-state index in [2.05, 4.69) is 23.5 Å². The monoisotopic (exact) mass is 289 g/mol. The largest absolute Gasteiger partial charge is 0.376 e. The number of benzene rings is 2. The van der Waals surface area contributed by atoms with Crippen LogP contribution in [-0.2, 0) is 11.3 Å². The molecular formula is C17H20ClNO. The van der Waals surface area contributed by atoms with Crippen LogP contribution < -0.4 is 5.32 Å². The molecule has 0 aromatic heterocycles. The van der Waals surface area contributed by atoms with Gasteiger partial charge in [0.05, 0.1) is 13.2 Å². The van der Waals surface area contributed by atoms with Crippen molar-refractivity contribution in [1.29, 1.82) is 0 Å². The van der Waals surface area contributed by atoms with Gasteiger partial charge in [0.25, 0.3) is 0 Å². The topological polar surface area (TPSA) is 21.3 Å². The molecule has 3 heteroatoms. The van der Waals surface area contributed by atoms with Gasteiger partial charge in [0, 0.05) is 17.5 Å². The van der Waals surface area contributed by atoms with Crippen LogP contribution in [0, 0.1) is 0 Å². The number of hydrogen-bond acceptors (Lipinski definition) is 2. The molecule has 1 unspecified atom stereocenters. The van der Waals surface area contributed by atoms with Crippen LogP contribution in [0.25, 0.3) is 0 Å². The molecule has 0 amide bonds. The number of halogens is 1. The predicted molar refractivity (Wildman–Crippen MR) is 84.2 cm³/mol. The molecule has 2 nitrogen and oxygen atoms in total. The smallest absolute Gasteiger partial charge is 0.0717 e. The summed E-state index contributed by atoms with van der Waals surface area (Å²) in [7, 11) is 1.95. The lowest BCUT2D eigenvalue weighted by Gasteiger charge is -2.17. The number of nitrogens with one attached hydrogen (secondary N) is 1. The minimum atomic E-state index is 0.308. The Morgan fingerprint density at radius 2 is 1.90 bits per heavy atom. The lowest BCUT2D eigenvalue weighted by Crippen LogP contribution is -2.21. The molecule has 0 heterocycles. The lowest BCUT2D eigenvalue weighted by atomic mass is 10.00. The zero-order chi connectivity index (χ0) is 14.2. The van der Waals surface area contributed by atoms with E-state index in [1.54, 1.807) is 0 Å². The van der Waals surface area contributed by atoms with Gasteiger partial charge in [0.15, 0.2) is 0 Å². The highest BCUT2D eigenvalue weighted by molar-refractivity contribution is 6.30. The molecule has 2 aromatic rings. The molecule has 0 bridgehead atoms. The van der Waals surface area contributed by atoms with Gasteiger partial charge in [0.1, 0.15) is 0 Å². The van der Waals surface area contributed by atoms with Crippen molar-refractivity contribution in [3.8, 4) is 0 Å². The van der Waals surface area contributed by atoms with E-state index in [1.165, 1.54) is 11.1 Å². The van der Waals surface area contributed by atoms with Gasteiger partial charge in [0.2, 0.25) is 0 Å². The zero-order valence-corrected chi connectivity index (χ0v) is 12.4. The van der Waals surface area contributed by atoms with Crippen molar-refractivity contribution in [2.24, 2.45) is 0 Å². The fraction of sp³-hybridized carbons (Fsp3) is 0.294. The molecule has 20 heavy (non-hydrogen) atoms. The first-order valence-corrected chi connectivity index (χ1v) is 7.19. The maximum absolute atomic E-state index is 6.06. The van der Waals surface area contributed by atoms with Crippen LogP contribution in [0.2, 0.25) is 5.02 Å². The highest BCUT2D eigenvalue weighted by atomic mass is 35.5. The third kappa shape index (κ3) is 4.64. The molecular weight excluding hydrogens is 270 g/mol. The molecule has 0 aliphatic carbocycles. The Hall–Kier alpha value is -1.35. The van der Waals surface area contributed by atoms with Gasteiger partial charge in [-0.2, -0.15) is 0 Å². The molecule has 2 aromatic carbocycles. The SMILES string of the molecule is CNCC(COCc1ccccc1)c1cccc(Cl)c1. The minimum absolute atomic E-state index is 0.308. The molecule has 0 aliphatic heterocycles. The van der Waals surface area contributed by atoms with Gasteiger partial charge in [-0.15, -0.1) is 0 Å². The summed E-state index contributed by atoms with van der Waals surface area (Å²) >= 11 is 6.06. The minimum Gasteiger partial charge on any atom is -0.376 e. The second-order valence-corrected chi connectivity index (χ2v) is 5.25. The van der Waals surface area contributed by atoms with Crippen molar-refractivity contribution >= 4 is 11.6 Å². The van der Waals surface area contributed by atoms with Crippen molar-refractivity contribution in [2.75, 3.05) is 20.2 Å². The maximum Gasteiger partial charge on any atom is 0.0717 e. The summed E-state index contributed by atoms with van der Waals surface area (Å²) in [6.07, 6.45) is 0. The molecule has 2 rings (SSSR count). The Balaban J connectivity index is 1.92. The summed E-state index contributed by atoms with van der Waals surface area (Å²) in [6, 6.07) is 18.2. The third-order valence-corrected chi connectivity index (χ3v) is 3.44. The van der Waals surface area contributed by atoms with Gasteiger partial charge in [-0.3, -0.25) is 0 Å². The van der Waals surface area contributed by atoms with Crippen LogP contribution in [0.15, 0.2) is 54.6 Å². The lowest BCUT2D eigenvalue weighted by molar-refractivity contribution is 0.107. The number of ether oxygens (including phenoxy) is 1. The van der Waals surface area contributed by atoms with E-state index >= 15 is 0 Å². The average molecular weight is 290 g/mol. The molecule has 0 fully saturated rings. The summed E-state index contributed by atoms with van der Waals surface area (Å²) in [5.41, 5.74) is 2.40. The van der Waals surface area contributed by atoms with E-state index in [1.807, 2.05) is 43.4 Å². The van der Waals surface area contributed by atoms with Gasteiger partial charge in [-0.25, -0.2) is 0 Å². The van der Waals surface area contributed by atoms with Gasteiger partial charge in [-0.05, 0) is 30.3 Å². The average Bonchev–Trinajstić information content (AvgIpc) is 2.47. The van der Waals surface area contributed by atoms with Crippen molar-refractivity contribution < 1.29 is 4.74 Å². The summed E-state index contributed by atoms with van der Waals surface area (Å²) < 4.78 is 5.85. The Morgan fingerprint density at radius 1 is 1.10 bits per heavy atom. The fourth-order valence-corrected chi connectivity index (χ4v) is 2.37. The molecule has 0 spiro atoms. The quantitative estimate of drug-likeness (QED) is 0.836. The van der Waals surface area contributed by atoms with Crippen molar-refractivity contribution in [3.63, 3.8) is 0 Å². The molecule has 0 radical (unpaired) electrons. The zero-order valence-electron chi connectivity index (χ0n) is 11.7. The summed E-state index contributed by atoms with van der Waals surface area (Å²) in [4.78, 5) is 0. The normalized spacial score (nSPS) is 12.3. The first kappa shape index (κ1) is 15.0. The van der Waals surface area contributed by atoms with Crippen LogP contribution in [0.3, 0.4) is 0 Å². The highest BCUT2D eigenvalue weighted by Crippen LogP contribution is 2.20. The Morgan fingerprint density at radius 3 is 2.60 bits per heavy atom. The molecule has 106 valence electrons. The van der Waals surface area contributed by atoms with Gasteiger partial charge >= 0.3 is 0 Å². The number of likely N-dealkylation sites (N-methyl/N-ethyl adjacent to an activating group) is 1. The van der Waals surface area contributed by atoms with Gasteiger partial charge in [-0.1, -0.05) is 54.1 Å². The van der Waals surface area contributed by atoms with E-state index in [0.29, 0.717) is 19.1 Å². The van der Waals surface area contributed by atoms with Gasteiger partial charge < -0.3 is 10.1 Å². The van der Waals surface area contributed by atoms with Crippen molar-refractivity contribution in [3.05, 3.63) is 70.7 Å². The predicted octanol–water partition coefficient (Wildman–Crippen LogP) is 3.86. The first-order chi connectivity index (χ1) is 9.79. The van der Waals surface area contributed by atoms with Crippen LogP contribution in [-0.4, -0.2) is 20.2 Å². The van der Waals surface area contributed by atoms with E-state index in [0.717, 1.165) is 11.6 Å². The van der Waals surface area contributed by atoms with Crippen LogP contribution in [0.5, 0.6) is 0 Å². The number of hydrogen-bond donors (Lipinski definition) is 1. The van der Waals surface area contributed by atoms with Crippen LogP contribution in [0.4, 0.5) is 0 Å². The number of rotatable bonds is 7. The Bertz CT molecular complexity index is 515. The van der Waals surface area contributed by atoms with Crippen LogP contribution in [0.1, 0.15) is 17.0 Å². The fourth-order valence-electron chi connectivity index (χ4n) is 2.17. The Kier molecular flexibility index (Phi) is 6.06. The molecule has 1 atom stereocenters. The van der Waals surface area contributed by atoms with E-state index < -0.39 is 0 Å². The highest BCUT2D eigenvalue weighted by Gasteiger charge is 2.11. The second-order valence-electron chi connectivity index (χ2n) is 4.81. The molecule has 1 N–H and O–H groups in total. The summed E-state index contributed by atoms with van der Waals surface area (Å²) in [5, 5.41) is 3.98. The van der Waals surface area contributed by atoms with Crippen molar-refractivity contribution in [2.45, 2.75) is 12.5 Å². The van der Waals surface area contributed by atoms with E-state index in [9.17, 15) is 0 Å². The standard InChI is InChI=1S/C17H20ClNO/c1-19-11-16(15-8-5-9-17(18)10-15)13-20-12-14-6-3-2-4-7-14/h2-10,16,19H,11-13H2,1H3. The molecule has 0 saturated heterocycles. The summed E-state index contributed by atoms with van der Waals surface area (Å²) in [5.74, 6) is 0.308. The van der Waals surface area contributed by atoms with Crippen LogP contribution >= 0.6 is 11.6 Å². The molecule has 0 saturated carbocycles. The Labute approximate surface area is 125 Å². The molecule has 0 aliphatic rings. The van der Waals surface area contributed by atoms with E-state index in [-0.39, 0.29) is 0 Å². The maximum atomic E-state index is 6.06. The first-order valence-electron chi connectivity index (χ1n) is 6.81. The third-order valence-electron chi connectivity index (χ3n) is 3.20. The van der Waals surface area contributed by atoms with Crippen molar-refractivity contribution in [1.82, 2.24) is 5.32 Å². The second kappa shape index (κ2) is 8.05. The van der Waals surface area contributed by atoms with E-state index in [4.69, 9.17) is 16.3 Å².